The van der Waals surface area contributed by atoms with Crippen LogP contribution in [-0.4, -0.2) is 46.5 Å². The molecule has 0 bridgehead atoms. The second-order valence-electron chi connectivity index (χ2n) is 6.84. The Morgan fingerprint density at radius 3 is 2.27 bits per heavy atom. The first-order chi connectivity index (χ1) is 17.0. The highest BCUT2D eigenvalue weighted by Crippen LogP contribution is 2.35. The summed E-state index contributed by atoms with van der Waals surface area (Å²) >= 11 is 7.27. The number of carboxylic acid groups (broad SMARTS) is 1. The van der Waals surface area contributed by atoms with Crippen LogP contribution in [0.3, 0.4) is 0 Å². The van der Waals surface area contributed by atoms with Crippen LogP contribution in [0.15, 0.2) is 41.4 Å². The lowest BCUT2D eigenvalue weighted by molar-refractivity contribution is -0.384. The average Bonchev–Trinajstić information content (AvgIpc) is 3.14. The van der Waals surface area contributed by atoms with Crippen LogP contribution in [0, 0.1) is 17.0 Å². The van der Waals surface area contributed by atoms with Crippen molar-refractivity contribution in [3.8, 4) is 10.4 Å². The SMILES string of the molecule is CC(=O)Nc1nc(C)c(-c2cnc(Cl)c(NS(=O)(=O)c3ccc([N+](=O)[O-])cc3)c2)s1.O=C(O)C(F)(F)F. The standard InChI is InChI=1S/C17H14ClN5O5S2.C2HF3O2/c1-9-15(29-17(20-9)21-10(2)24)11-7-14(16(18)19-8-11)22-30(27,28)13-5-3-12(4-6-13)23(25)26;3-2(4,5)1(6)7/h3-8,22H,1-2H3,(H,20,21,24);(H,6,7). The molecule has 0 aliphatic carbocycles. The maximum Gasteiger partial charge on any atom is 0.490 e. The predicted molar refractivity (Wildman–Crippen MR) is 127 cm³/mol. The molecule has 2 heterocycles. The second kappa shape index (κ2) is 11.5. The number of anilines is 2. The molecule has 2 aromatic heterocycles. The van der Waals surface area contributed by atoms with Gasteiger partial charge in [-0.3, -0.25) is 19.6 Å². The number of carbonyl (C=O) groups excluding carboxylic acids is 1. The Hall–Kier alpha value is -3.83. The summed E-state index contributed by atoms with van der Waals surface area (Å²) < 4.78 is 59.4. The Bertz CT molecular complexity index is 1450. The number of nitro groups is 1. The third-order valence-corrected chi connectivity index (χ3v) is 6.83. The molecule has 12 nitrogen and oxygen atoms in total. The number of benzene rings is 1. The number of non-ortho nitro benzene ring substituents is 1. The third-order valence-electron chi connectivity index (χ3n) is 4.03. The number of amides is 1. The van der Waals surface area contributed by atoms with Crippen molar-refractivity contribution in [1.82, 2.24) is 9.97 Å². The number of aryl methyl sites for hydroxylation is 1. The van der Waals surface area contributed by atoms with Crippen LogP contribution in [-0.2, 0) is 19.6 Å². The minimum atomic E-state index is -5.08. The first kappa shape index (κ1) is 29.4. The zero-order valence-electron chi connectivity index (χ0n) is 18.5. The monoisotopic (exact) mass is 581 g/mol. The number of alkyl halides is 3. The highest BCUT2D eigenvalue weighted by atomic mass is 35.5. The molecule has 0 atom stereocenters. The zero-order chi connectivity index (χ0) is 28.1. The molecule has 0 radical (unpaired) electrons. The number of aliphatic carboxylic acids is 1. The van der Waals surface area contributed by atoms with Gasteiger partial charge in [0.25, 0.3) is 15.7 Å². The van der Waals surface area contributed by atoms with Gasteiger partial charge < -0.3 is 10.4 Å². The quantitative estimate of drug-likeness (QED) is 0.215. The van der Waals surface area contributed by atoms with Gasteiger partial charge in [-0.2, -0.15) is 13.2 Å². The maximum atomic E-state index is 12.7. The van der Waals surface area contributed by atoms with E-state index in [9.17, 15) is 36.5 Å². The van der Waals surface area contributed by atoms with E-state index < -0.39 is 27.1 Å². The molecular weight excluding hydrogens is 567 g/mol. The lowest BCUT2D eigenvalue weighted by Crippen LogP contribution is -2.21. The summed E-state index contributed by atoms with van der Waals surface area (Å²) in [5.41, 5.74) is 0.970. The lowest BCUT2D eigenvalue weighted by Gasteiger charge is -2.10. The number of nitrogens with zero attached hydrogens (tertiary/aromatic N) is 3. The number of nitrogens with one attached hydrogen (secondary N) is 2. The predicted octanol–water partition coefficient (Wildman–Crippen LogP) is 4.47. The van der Waals surface area contributed by atoms with E-state index in [1.807, 2.05) is 0 Å². The molecule has 3 rings (SSSR count). The summed E-state index contributed by atoms with van der Waals surface area (Å²) in [5, 5.41) is 20.8. The lowest BCUT2D eigenvalue weighted by atomic mass is 10.2. The minimum Gasteiger partial charge on any atom is -0.475 e. The molecule has 0 aliphatic rings. The van der Waals surface area contributed by atoms with Gasteiger partial charge in [-0.15, -0.1) is 0 Å². The van der Waals surface area contributed by atoms with Gasteiger partial charge >= 0.3 is 12.1 Å². The van der Waals surface area contributed by atoms with Gasteiger partial charge in [0.15, 0.2) is 10.3 Å². The smallest absolute Gasteiger partial charge is 0.475 e. The number of carbonyl (C=O) groups is 2. The maximum absolute atomic E-state index is 12.7. The summed E-state index contributed by atoms with van der Waals surface area (Å²) in [6.45, 7) is 3.11. The number of hydrogen-bond donors (Lipinski definition) is 3. The Morgan fingerprint density at radius 1 is 1.22 bits per heavy atom. The number of sulfonamides is 1. The molecule has 0 spiro atoms. The highest BCUT2D eigenvalue weighted by Gasteiger charge is 2.38. The van der Waals surface area contributed by atoms with Crippen molar-refractivity contribution in [2.45, 2.75) is 24.9 Å². The van der Waals surface area contributed by atoms with Crippen molar-refractivity contribution < 1.29 is 41.2 Å². The van der Waals surface area contributed by atoms with Crippen LogP contribution in [0.25, 0.3) is 10.4 Å². The molecule has 198 valence electrons. The first-order valence-electron chi connectivity index (χ1n) is 9.49. The van der Waals surface area contributed by atoms with Crippen molar-refractivity contribution in [3.63, 3.8) is 0 Å². The molecule has 0 saturated heterocycles. The highest BCUT2D eigenvalue weighted by molar-refractivity contribution is 7.92. The van der Waals surface area contributed by atoms with Crippen molar-refractivity contribution in [1.29, 1.82) is 0 Å². The average molecular weight is 582 g/mol. The largest absolute Gasteiger partial charge is 0.490 e. The van der Waals surface area contributed by atoms with E-state index >= 15 is 0 Å². The molecule has 1 aromatic carbocycles. The third kappa shape index (κ3) is 8.09. The van der Waals surface area contributed by atoms with Crippen molar-refractivity contribution in [3.05, 3.63) is 57.5 Å². The normalized spacial score (nSPS) is 11.2. The number of rotatable bonds is 6. The fourth-order valence-corrected chi connectivity index (χ4v) is 4.72. The fourth-order valence-electron chi connectivity index (χ4n) is 2.46. The van der Waals surface area contributed by atoms with Crippen molar-refractivity contribution in [2.24, 2.45) is 0 Å². The molecule has 3 N–H and O–H groups in total. The molecule has 0 saturated carbocycles. The molecular formula is C19H15ClF3N5O7S2. The Morgan fingerprint density at radius 2 is 1.78 bits per heavy atom. The van der Waals surface area contributed by atoms with Gasteiger partial charge in [0.1, 0.15) is 0 Å². The van der Waals surface area contributed by atoms with Gasteiger partial charge in [0.2, 0.25) is 5.91 Å². The summed E-state index contributed by atoms with van der Waals surface area (Å²) in [6, 6.07) is 5.93. The van der Waals surface area contributed by atoms with E-state index in [2.05, 4.69) is 20.0 Å². The number of hydrogen-bond acceptors (Lipinski definition) is 9. The first-order valence-corrected chi connectivity index (χ1v) is 12.2. The molecule has 0 unspecified atom stereocenters. The van der Waals surface area contributed by atoms with E-state index in [1.54, 1.807) is 6.92 Å². The molecule has 37 heavy (non-hydrogen) atoms. The molecule has 3 aromatic rings. The van der Waals surface area contributed by atoms with E-state index in [4.69, 9.17) is 21.5 Å². The van der Waals surface area contributed by atoms with Crippen LogP contribution in [0.2, 0.25) is 5.15 Å². The van der Waals surface area contributed by atoms with E-state index in [1.165, 1.54) is 30.5 Å². The summed E-state index contributed by atoms with van der Waals surface area (Å²) in [7, 11) is -4.06. The topological polar surface area (TPSA) is 181 Å². The van der Waals surface area contributed by atoms with Gasteiger partial charge in [-0.1, -0.05) is 22.9 Å². The number of pyridine rings is 1. The van der Waals surface area contributed by atoms with Crippen LogP contribution in [0.1, 0.15) is 12.6 Å². The van der Waals surface area contributed by atoms with Crippen LogP contribution >= 0.6 is 22.9 Å². The Kier molecular flexibility index (Phi) is 9.13. The fraction of sp³-hybridized carbons (Fsp3) is 0.158. The number of aromatic nitrogens is 2. The van der Waals surface area contributed by atoms with E-state index in [0.717, 1.165) is 24.3 Å². The molecule has 1 amide bonds. The van der Waals surface area contributed by atoms with Crippen LogP contribution < -0.4 is 10.0 Å². The second-order valence-corrected chi connectivity index (χ2v) is 9.88. The van der Waals surface area contributed by atoms with E-state index in [0.29, 0.717) is 21.3 Å². The Labute approximate surface area is 215 Å². The minimum absolute atomic E-state index is 0.0291. The van der Waals surface area contributed by atoms with Crippen molar-refractivity contribution >= 4 is 61.3 Å². The number of thiazole rings is 1. The van der Waals surface area contributed by atoms with Gasteiger partial charge in [0.05, 0.1) is 26.1 Å². The summed E-state index contributed by atoms with van der Waals surface area (Å²) in [6.07, 6.45) is -3.62. The summed E-state index contributed by atoms with van der Waals surface area (Å²) in [4.78, 5) is 39.0. The molecule has 0 aliphatic heterocycles. The molecule has 0 fully saturated rings. The van der Waals surface area contributed by atoms with Gasteiger partial charge in [0, 0.05) is 30.8 Å². The number of nitro benzene ring substituents is 1. The van der Waals surface area contributed by atoms with Crippen LogP contribution in [0.4, 0.5) is 29.7 Å². The number of halogens is 4. The zero-order valence-corrected chi connectivity index (χ0v) is 20.9. The van der Waals surface area contributed by atoms with E-state index in [-0.39, 0.29) is 27.3 Å². The Balaban J connectivity index is 0.000000604. The van der Waals surface area contributed by atoms with Gasteiger partial charge in [-0.05, 0) is 25.1 Å². The molecule has 18 heteroatoms. The van der Waals surface area contributed by atoms with Gasteiger partial charge in [-0.25, -0.2) is 23.2 Å². The van der Waals surface area contributed by atoms with Crippen LogP contribution in [0.5, 0.6) is 0 Å². The number of carboxylic acids is 1. The summed E-state index contributed by atoms with van der Waals surface area (Å²) in [5.74, 6) is -3.02. The van der Waals surface area contributed by atoms with Crippen molar-refractivity contribution in [2.75, 3.05) is 10.0 Å².